The minimum atomic E-state index is 0.210. The van der Waals surface area contributed by atoms with Crippen molar-refractivity contribution in [1.29, 1.82) is 0 Å². The first-order valence-corrected chi connectivity index (χ1v) is 10.1. The Hall–Kier alpha value is -2.08. The molecule has 0 aromatic heterocycles. The van der Waals surface area contributed by atoms with E-state index in [0.29, 0.717) is 12.6 Å². The number of methoxy groups -OCH3 is 1. The summed E-state index contributed by atoms with van der Waals surface area (Å²) < 4.78 is 11.1. The summed E-state index contributed by atoms with van der Waals surface area (Å²) in [5.74, 6) is 1.86. The molecule has 1 saturated heterocycles. The van der Waals surface area contributed by atoms with E-state index in [2.05, 4.69) is 34.1 Å². The van der Waals surface area contributed by atoms with Crippen LogP contribution in [0.1, 0.15) is 24.5 Å². The Balaban J connectivity index is 1.65. The molecular formula is C23H32N2O3. The molecule has 0 unspecified atom stereocenters. The third-order valence-electron chi connectivity index (χ3n) is 5.34. The largest absolute Gasteiger partial charge is 0.497 e. The van der Waals surface area contributed by atoms with Gasteiger partial charge < -0.3 is 14.6 Å². The van der Waals surface area contributed by atoms with E-state index in [4.69, 9.17) is 9.47 Å². The Morgan fingerprint density at radius 2 is 1.93 bits per heavy atom. The number of nitrogens with zero attached hydrogens (tertiary/aromatic N) is 2. The van der Waals surface area contributed by atoms with Crippen molar-refractivity contribution in [1.82, 2.24) is 9.80 Å². The molecule has 5 nitrogen and oxygen atoms in total. The summed E-state index contributed by atoms with van der Waals surface area (Å²) in [7, 11) is 1.70. The molecule has 3 rings (SSSR count). The Morgan fingerprint density at radius 3 is 2.71 bits per heavy atom. The third-order valence-corrected chi connectivity index (χ3v) is 5.34. The number of hydrogen-bond acceptors (Lipinski definition) is 5. The monoisotopic (exact) mass is 384 g/mol. The van der Waals surface area contributed by atoms with Crippen LogP contribution in [-0.4, -0.2) is 60.9 Å². The van der Waals surface area contributed by atoms with Gasteiger partial charge in [0.15, 0.2) is 0 Å². The molecular weight excluding hydrogens is 352 g/mol. The molecule has 0 amide bonds. The summed E-state index contributed by atoms with van der Waals surface area (Å²) in [4.78, 5) is 4.95. The molecule has 5 heteroatoms. The van der Waals surface area contributed by atoms with Crippen LogP contribution in [0.3, 0.4) is 0 Å². The number of rotatable bonds is 9. The predicted octanol–water partition coefficient (Wildman–Crippen LogP) is 3.16. The normalized spacial score (nSPS) is 18.2. The Labute approximate surface area is 168 Å². The van der Waals surface area contributed by atoms with Crippen molar-refractivity contribution in [3.8, 4) is 11.5 Å². The molecule has 0 radical (unpaired) electrons. The average Bonchev–Trinajstić information content (AvgIpc) is 2.72. The molecule has 1 aliphatic rings. The Kier molecular flexibility index (Phi) is 7.71. The summed E-state index contributed by atoms with van der Waals surface area (Å²) in [6.07, 6.45) is 0.783. The molecule has 1 fully saturated rings. The lowest BCUT2D eigenvalue weighted by Gasteiger charge is -2.41. The zero-order chi connectivity index (χ0) is 19.8. The highest BCUT2D eigenvalue weighted by atomic mass is 16.5. The molecule has 1 heterocycles. The van der Waals surface area contributed by atoms with Gasteiger partial charge in [-0.15, -0.1) is 0 Å². The second kappa shape index (κ2) is 10.5. The van der Waals surface area contributed by atoms with E-state index in [1.54, 1.807) is 7.11 Å². The third kappa shape index (κ3) is 5.47. The summed E-state index contributed by atoms with van der Waals surface area (Å²) in [5, 5.41) is 9.60. The summed E-state index contributed by atoms with van der Waals surface area (Å²) in [6.45, 7) is 7.60. The first-order chi connectivity index (χ1) is 13.7. The molecule has 0 saturated carbocycles. The smallest absolute Gasteiger partial charge is 0.123 e. The number of para-hydroxylation sites is 1. The minimum Gasteiger partial charge on any atom is -0.497 e. The second-order valence-electron chi connectivity index (χ2n) is 7.26. The lowest BCUT2D eigenvalue weighted by atomic mass is 10.1. The zero-order valence-corrected chi connectivity index (χ0v) is 17.0. The van der Waals surface area contributed by atoms with E-state index in [-0.39, 0.29) is 6.61 Å². The summed E-state index contributed by atoms with van der Waals surface area (Å²) >= 11 is 0. The summed E-state index contributed by atoms with van der Waals surface area (Å²) in [6, 6.07) is 16.9. The highest BCUT2D eigenvalue weighted by molar-refractivity contribution is 5.33. The van der Waals surface area contributed by atoms with E-state index in [1.165, 1.54) is 11.1 Å². The van der Waals surface area contributed by atoms with E-state index < -0.39 is 0 Å². The number of ether oxygens (including phenoxy) is 2. The van der Waals surface area contributed by atoms with Gasteiger partial charge in [0.2, 0.25) is 0 Å². The first kappa shape index (κ1) is 20.6. The van der Waals surface area contributed by atoms with E-state index in [9.17, 15) is 5.11 Å². The van der Waals surface area contributed by atoms with Crippen LogP contribution in [-0.2, 0) is 13.1 Å². The maximum Gasteiger partial charge on any atom is 0.123 e. The van der Waals surface area contributed by atoms with Gasteiger partial charge in [0.1, 0.15) is 11.5 Å². The van der Waals surface area contributed by atoms with Crippen molar-refractivity contribution in [3.63, 3.8) is 0 Å². The Morgan fingerprint density at radius 1 is 1.07 bits per heavy atom. The van der Waals surface area contributed by atoms with Gasteiger partial charge in [-0.2, -0.15) is 0 Å². The van der Waals surface area contributed by atoms with Gasteiger partial charge >= 0.3 is 0 Å². The molecule has 0 spiro atoms. The number of hydrogen-bond donors (Lipinski definition) is 1. The van der Waals surface area contributed by atoms with E-state index in [1.807, 2.05) is 31.2 Å². The number of aliphatic hydroxyl groups excluding tert-OH is 1. The highest BCUT2D eigenvalue weighted by Gasteiger charge is 2.27. The maximum absolute atomic E-state index is 9.60. The van der Waals surface area contributed by atoms with Crippen molar-refractivity contribution in [2.45, 2.75) is 32.5 Å². The van der Waals surface area contributed by atoms with E-state index >= 15 is 0 Å². The average molecular weight is 385 g/mol. The fourth-order valence-electron chi connectivity index (χ4n) is 3.91. The Bertz CT molecular complexity index is 737. The van der Waals surface area contributed by atoms with Crippen LogP contribution in [0, 0.1) is 0 Å². The van der Waals surface area contributed by atoms with Crippen LogP contribution in [0.25, 0.3) is 0 Å². The van der Waals surface area contributed by atoms with Crippen molar-refractivity contribution in [3.05, 3.63) is 59.7 Å². The second-order valence-corrected chi connectivity index (χ2v) is 7.26. The van der Waals surface area contributed by atoms with Crippen molar-refractivity contribution >= 4 is 0 Å². The van der Waals surface area contributed by atoms with Gasteiger partial charge in [-0.05, 0) is 37.1 Å². The first-order valence-electron chi connectivity index (χ1n) is 10.1. The standard InChI is InChI=1S/C23H32N2O3/c1-3-28-23-10-5-4-8-20(23)17-25-13-12-24(18-21(25)11-14-26)16-19-7-6-9-22(15-19)27-2/h4-10,15,21,26H,3,11-14,16-18H2,1-2H3/t21-/m1/s1. The minimum absolute atomic E-state index is 0.210. The van der Waals surface area contributed by atoms with Crippen molar-refractivity contribution in [2.24, 2.45) is 0 Å². The highest BCUT2D eigenvalue weighted by Crippen LogP contribution is 2.24. The fourth-order valence-corrected chi connectivity index (χ4v) is 3.91. The van der Waals surface area contributed by atoms with Gasteiger partial charge in [-0.1, -0.05) is 30.3 Å². The van der Waals surface area contributed by atoms with Crippen LogP contribution in [0.4, 0.5) is 0 Å². The van der Waals surface area contributed by atoms with Crippen LogP contribution in [0.2, 0.25) is 0 Å². The predicted molar refractivity (Wildman–Crippen MR) is 112 cm³/mol. The molecule has 2 aromatic carbocycles. The molecule has 0 bridgehead atoms. The molecule has 28 heavy (non-hydrogen) atoms. The van der Waals surface area contributed by atoms with Gasteiger partial charge in [0.05, 0.1) is 13.7 Å². The SMILES string of the molecule is CCOc1ccccc1CN1CCN(Cc2cccc(OC)c2)C[C@H]1CCO. The maximum atomic E-state index is 9.60. The van der Waals surface area contributed by atoms with Gasteiger partial charge in [-0.25, -0.2) is 0 Å². The zero-order valence-electron chi connectivity index (χ0n) is 17.0. The van der Waals surface area contributed by atoms with E-state index in [0.717, 1.165) is 50.6 Å². The van der Waals surface area contributed by atoms with Crippen LogP contribution < -0.4 is 9.47 Å². The topological polar surface area (TPSA) is 45.2 Å². The summed E-state index contributed by atoms with van der Waals surface area (Å²) in [5.41, 5.74) is 2.48. The molecule has 2 aromatic rings. The van der Waals surface area contributed by atoms with Crippen molar-refractivity contribution < 1.29 is 14.6 Å². The van der Waals surface area contributed by atoms with Gasteiger partial charge in [-0.3, -0.25) is 9.80 Å². The number of piperazine rings is 1. The van der Waals surface area contributed by atoms with Crippen LogP contribution >= 0.6 is 0 Å². The lowest BCUT2D eigenvalue weighted by molar-refractivity contribution is 0.0494. The molecule has 1 N–H and O–H groups in total. The molecule has 1 aliphatic heterocycles. The quantitative estimate of drug-likeness (QED) is 0.720. The fraction of sp³-hybridized carbons (Fsp3) is 0.478. The van der Waals surface area contributed by atoms with Crippen LogP contribution in [0.5, 0.6) is 11.5 Å². The number of aliphatic hydroxyl groups is 1. The molecule has 0 aliphatic carbocycles. The molecule has 1 atom stereocenters. The number of benzene rings is 2. The van der Waals surface area contributed by atoms with Crippen molar-refractivity contribution in [2.75, 3.05) is 40.0 Å². The lowest BCUT2D eigenvalue weighted by Crippen LogP contribution is -2.52. The van der Waals surface area contributed by atoms with Crippen LogP contribution in [0.15, 0.2) is 48.5 Å². The molecule has 152 valence electrons. The van der Waals surface area contributed by atoms with Gasteiger partial charge in [0.25, 0.3) is 0 Å². The van der Waals surface area contributed by atoms with Gasteiger partial charge in [0, 0.05) is 50.9 Å².